The number of hydrogen-bond donors (Lipinski definition) is 2. The van der Waals surface area contributed by atoms with Crippen molar-refractivity contribution in [3.05, 3.63) is 59.7 Å². The van der Waals surface area contributed by atoms with E-state index in [1.54, 1.807) is 24.3 Å². The van der Waals surface area contributed by atoms with E-state index in [1.807, 2.05) is 24.3 Å². The molecule has 3 heteroatoms. The van der Waals surface area contributed by atoms with E-state index >= 15 is 0 Å². The van der Waals surface area contributed by atoms with Crippen molar-refractivity contribution >= 4 is 0 Å². The number of phenolic OH excluding ortho intramolecular Hbond substituents is 2. The summed E-state index contributed by atoms with van der Waals surface area (Å²) in [4.78, 5) is 0. The molecule has 0 radical (unpaired) electrons. The Morgan fingerprint density at radius 2 is 0.606 bits per heavy atom. The summed E-state index contributed by atoms with van der Waals surface area (Å²) in [6.45, 7) is 12.9. The normalized spacial score (nSPS) is 15.0. The molecule has 0 saturated heterocycles. The summed E-state index contributed by atoms with van der Waals surface area (Å²) in [7, 11) is 0. The fourth-order valence-corrected chi connectivity index (χ4v) is 3.69. The molecule has 0 atom stereocenters. The molecule has 2 aromatic carbocycles. The van der Waals surface area contributed by atoms with Crippen LogP contribution in [0.2, 0.25) is 0 Å². The number of benzene rings is 2. The second-order valence-electron chi connectivity index (χ2n) is 11.1. The number of hydrogen-bond acceptors (Lipinski definition) is 2. The second-order valence-corrected chi connectivity index (χ2v) is 11.1. The average molecular weight is 532 g/mol. The molecule has 0 spiro atoms. The third-order valence-electron chi connectivity index (χ3n) is 5.97. The summed E-state index contributed by atoms with van der Waals surface area (Å²) in [5, 5.41) is 18.0. The predicted molar refractivity (Wildman–Crippen MR) is 140 cm³/mol. The first-order valence-corrected chi connectivity index (χ1v) is 12.6. The summed E-state index contributed by atoms with van der Waals surface area (Å²) < 4.78 is 0. The van der Waals surface area contributed by atoms with Crippen LogP contribution in [0.15, 0.2) is 48.5 Å². The van der Waals surface area contributed by atoms with E-state index in [4.69, 9.17) is 10.2 Å². The van der Waals surface area contributed by atoms with Gasteiger partial charge in [0.2, 0.25) is 0 Å². The van der Waals surface area contributed by atoms with Crippen molar-refractivity contribution < 1.29 is 36.4 Å². The van der Waals surface area contributed by atoms with Crippen molar-refractivity contribution in [3.63, 3.8) is 0 Å². The molecule has 2 aromatic rings. The summed E-state index contributed by atoms with van der Waals surface area (Å²) in [6, 6.07) is 14.7. The molecule has 33 heavy (non-hydrogen) atoms. The molecule has 0 aliphatic heterocycles. The molecule has 2 aliphatic carbocycles. The van der Waals surface area contributed by atoms with Crippen molar-refractivity contribution in [2.75, 3.05) is 0 Å². The summed E-state index contributed by atoms with van der Waals surface area (Å²) >= 11 is 0. The molecule has 0 unspecified atom stereocenters. The van der Waals surface area contributed by atoms with E-state index in [-0.39, 0.29) is 37.0 Å². The van der Waals surface area contributed by atoms with Crippen molar-refractivity contribution in [1.82, 2.24) is 0 Å². The summed E-state index contributed by atoms with van der Waals surface area (Å²) in [6.07, 6.45) is 15.0. The smallest absolute Gasteiger partial charge is 0.508 e. The van der Waals surface area contributed by atoms with Gasteiger partial charge in [0.05, 0.1) is 0 Å². The quantitative estimate of drug-likeness (QED) is 0.355. The van der Waals surface area contributed by atoms with E-state index < -0.39 is 0 Å². The van der Waals surface area contributed by atoms with Gasteiger partial charge in [-0.1, -0.05) is 130 Å². The van der Waals surface area contributed by atoms with Gasteiger partial charge in [-0.3, -0.25) is 0 Å². The van der Waals surface area contributed by atoms with Crippen molar-refractivity contribution in [2.45, 2.75) is 117 Å². The van der Waals surface area contributed by atoms with Crippen LogP contribution < -0.4 is 0 Å². The van der Waals surface area contributed by atoms with Crippen LogP contribution in [-0.4, -0.2) is 10.2 Å². The SMILES string of the molecule is C1CCCC1.C1CCCC1.CC(C)(C)c1ccc(O)cc1.CC(C)(C)c1ccc(O)cc1.[Zr+2]. The molecular weight excluding hydrogens is 484 g/mol. The molecule has 4 rings (SSSR count). The molecule has 2 fully saturated rings. The van der Waals surface area contributed by atoms with Gasteiger partial charge in [0.25, 0.3) is 0 Å². The van der Waals surface area contributed by atoms with Gasteiger partial charge in [0, 0.05) is 0 Å². The Labute approximate surface area is 223 Å². The summed E-state index contributed by atoms with van der Waals surface area (Å²) in [5.74, 6) is 0.663. The van der Waals surface area contributed by atoms with Crippen LogP contribution in [-0.2, 0) is 37.0 Å². The van der Waals surface area contributed by atoms with Crippen LogP contribution in [0.5, 0.6) is 11.5 Å². The molecule has 0 heterocycles. The summed E-state index contributed by atoms with van der Waals surface area (Å²) in [5.41, 5.74) is 2.84. The van der Waals surface area contributed by atoms with E-state index in [0.29, 0.717) is 11.5 Å². The Morgan fingerprint density at radius 1 is 0.424 bits per heavy atom. The molecule has 2 nitrogen and oxygen atoms in total. The Hall–Kier alpha value is -1.08. The van der Waals surface area contributed by atoms with E-state index in [9.17, 15) is 0 Å². The van der Waals surface area contributed by atoms with Gasteiger partial charge < -0.3 is 10.2 Å². The predicted octanol–water partition coefficient (Wildman–Crippen LogP) is 9.28. The maximum atomic E-state index is 9.02. The average Bonchev–Trinajstić information content (AvgIpc) is 3.47. The van der Waals surface area contributed by atoms with Crippen molar-refractivity contribution in [3.8, 4) is 11.5 Å². The van der Waals surface area contributed by atoms with Gasteiger partial charge in [-0.05, 0) is 46.2 Å². The van der Waals surface area contributed by atoms with Gasteiger partial charge in [-0.15, -0.1) is 0 Å². The Balaban J connectivity index is 0.000000434. The Kier molecular flexibility index (Phi) is 16.0. The standard InChI is InChI=1S/2C10H14O.2C5H10.Zr/c2*1-10(2,3)8-4-6-9(11)7-5-8;2*1-2-4-5-3-1;/h2*4-7,11H,1-3H3;2*1-5H2;/q;;;;+2. The topological polar surface area (TPSA) is 40.5 Å². The first-order valence-electron chi connectivity index (χ1n) is 12.6. The maximum Gasteiger partial charge on any atom is 2.00 e. The van der Waals surface area contributed by atoms with Crippen molar-refractivity contribution in [1.29, 1.82) is 0 Å². The van der Waals surface area contributed by atoms with E-state index in [1.165, 1.54) is 75.3 Å². The maximum absolute atomic E-state index is 9.02. The van der Waals surface area contributed by atoms with Gasteiger partial charge in [-0.25, -0.2) is 0 Å². The van der Waals surface area contributed by atoms with Gasteiger partial charge in [0.1, 0.15) is 11.5 Å². The molecule has 0 amide bonds. The number of rotatable bonds is 0. The molecule has 182 valence electrons. The molecule has 2 aliphatic rings. The van der Waals surface area contributed by atoms with Gasteiger partial charge in [0.15, 0.2) is 0 Å². The fourth-order valence-electron chi connectivity index (χ4n) is 3.69. The molecule has 0 aromatic heterocycles. The molecule has 0 bridgehead atoms. The van der Waals surface area contributed by atoms with Crippen molar-refractivity contribution in [2.24, 2.45) is 0 Å². The third-order valence-corrected chi connectivity index (χ3v) is 5.97. The zero-order valence-electron chi connectivity index (χ0n) is 22.1. The fraction of sp³-hybridized carbons (Fsp3) is 0.600. The van der Waals surface area contributed by atoms with Crippen LogP contribution in [0.4, 0.5) is 0 Å². The van der Waals surface area contributed by atoms with E-state index in [2.05, 4.69) is 41.5 Å². The van der Waals surface area contributed by atoms with Crippen LogP contribution in [0, 0.1) is 0 Å². The largest absolute Gasteiger partial charge is 2.00 e. The number of aromatic hydroxyl groups is 2. The minimum absolute atomic E-state index is 0. The van der Waals surface area contributed by atoms with Crippen LogP contribution in [0.25, 0.3) is 0 Å². The monoisotopic (exact) mass is 530 g/mol. The Morgan fingerprint density at radius 3 is 0.758 bits per heavy atom. The van der Waals surface area contributed by atoms with Crippen LogP contribution in [0.1, 0.15) is 117 Å². The zero-order valence-corrected chi connectivity index (χ0v) is 24.5. The van der Waals surface area contributed by atoms with Gasteiger partial charge >= 0.3 is 26.2 Å². The minimum Gasteiger partial charge on any atom is -0.508 e. The third kappa shape index (κ3) is 15.4. The van der Waals surface area contributed by atoms with E-state index in [0.717, 1.165) is 0 Å². The number of phenols is 2. The minimum atomic E-state index is 0. The molecular formula is C30H48O2Zr+2. The Bertz CT molecular complexity index is 633. The first kappa shape index (κ1) is 31.9. The van der Waals surface area contributed by atoms with Gasteiger partial charge in [-0.2, -0.15) is 0 Å². The second kappa shape index (κ2) is 16.5. The first-order chi connectivity index (χ1) is 15.0. The van der Waals surface area contributed by atoms with Crippen LogP contribution >= 0.6 is 0 Å². The molecule has 2 N–H and O–H groups in total. The van der Waals surface area contributed by atoms with Crippen LogP contribution in [0.3, 0.4) is 0 Å². The zero-order chi connectivity index (χ0) is 24.0. The molecule has 2 saturated carbocycles.